The summed E-state index contributed by atoms with van der Waals surface area (Å²) in [5.41, 5.74) is 0. The molecule has 0 saturated carbocycles. The van der Waals surface area contributed by atoms with E-state index in [-0.39, 0.29) is 0 Å². The quantitative estimate of drug-likeness (QED) is 0.597. The van der Waals surface area contributed by atoms with Crippen LogP contribution in [0, 0.1) is 0 Å². The van der Waals surface area contributed by atoms with Gasteiger partial charge in [0.1, 0.15) is 0 Å². The van der Waals surface area contributed by atoms with Gasteiger partial charge in [-0.1, -0.05) is 0 Å². The molecule has 0 aliphatic carbocycles. The zero-order valence-corrected chi connectivity index (χ0v) is 7.73. The number of benzene rings is 1. The van der Waals surface area contributed by atoms with Crippen LogP contribution in [0.3, 0.4) is 0 Å². The standard InChI is InChI=1S/C10H11OP/c1-2-4-10(5-3-1)12-7-6-9(8-12)11-12/h1-7,9,12H,8H2. The maximum atomic E-state index is 5.85. The van der Waals surface area contributed by atoms with Gasteiger partial charge in [-0.2, -0.15) is 0 Å². The van der Waals surface area contributed by atoms with Crippen molar-refractivity contribution in [2.75, 3.05) is 6.16 Å². The third kappa shape index (κ3) is 0.757. The fourth-order valence-corrected chi connectivity index (χ4v) is 5.43. The normalized spacial score (nSPS) is 31.2. The molecule has 1 nitrogen and oxygen atoms in total. The van der Waals surface area contributed by atoms with Crippen LogP contribution in [0.5, 0.6) is 0 Å². The van der Waals surface area contributed by atoms with Crippen LogP contribution in [-0.2, 0) is 4.52 Å². The van der Waals surface area contributed by atoms with Crippen molar-refractivity contribution in [1.82, 2.24) is 0 Å². The van der Waals surface area contributed by atoms with Crippen molar-refractivity contribution < 1.29 is 4.52 Å². The molecule has 0 N–H and O–H groups in total. The average molecular weight is 178 g/mol. The van der Waals surface area contributed by atoms with Crippen LogP contribution in [0.25, 0.3) is 0 Å². The number of hydrogen-bond donors (Lipinski definition) is 0. The molecule has 0 radical (unpaired) electrons. The van der Waals surface area contributed by atoms with Gasteiger partial charge >= 0.3 is 71.8 Å². The Labute approximate surface area is 72.5 Å². The van der Waals surface area contributed by atoms with Crippen LogP contribution in [0.2, 0.25) is 0 Å². The molecule has 1 unspecified atom stereocenters. The van der Waals surface area contributed by atoms with Crippen molar-refractivity contribution in [2.24, 2.45) is 0 Å². The van der Waals surface area contributed by atoms with Gasteiger partial charge in [-0.15, -0.1) is 0 Å². The summed E-state index contributed by atoms with van der Waals surface area (Å²) < 4.78 is 5.85. The first kappa shape index (κ1) is 6.82. The summed E-state index contributed by atoms with van der Waals surface area (Å²) in [4.78, 5) is 0. The van der Waals surface area contributed by atoms with Crippen LogP contribution in [0.4, 0.5) is 0 Å². The van der Waals surface area contributed by atoms with Crippen LogP contribution in [-0.4, -0.2) is 12.3 Å². The summed E-state index contributed by atoms with van der Waals surface area (Å²) >= 11 is 0. The van der Waals surface area contributed by atoms with Crippen molar-refractivity contribution in [3.8, 4) is 0 Å². The van der Waals surface area contributed by atoms with Crippen molar-refractivity contribution in [3.05, 3.63) is 42.2 Å². The summed E-state index contributed by atoms with van der Waals surface area (Å²) in [5.74, 6) is 2.33. The van der Waals surface area contributed by atoms with Crippen LogP contribution in [0.15, 0.2) is 42.2 Å². The monoisotopic (exact) mass is 178 g/mol. The number of hydrogen-bond acceptors (Lipinski definition) is 1. The molecule has 3 aliphatic rings. The summed E-state index contributed by atoms with van der Waals surface area (Å²) in [6.07, 6.45) is 3.95. The van der Waals surface area contributed by atoms with Gasteiger partial charge in [0, 0.05) is 0 Å². The molecular weight excluding hydrogens is 167 g/mol. The Morgan fingerprint density at radius 1 is 1.25 bits per heavy atom. The summed E-state index contributed by atoms with van der Waals surface area (Å²) in [6.45, 7) is 0. The van der Waals surface area contributed by atoms with Crippen molar-refractivity contribution in [3.63, 3.8) is 0 Å². The minimum atomic E-state index is -1.50. The molecule has 1 aromatic carbocycles. The third-order valence-corrected chi connectivity index (χ3v) is 6.48. The topological polar surface area (TPSA) is 9.23 Å². The van der Waals surface area contributed by atoms with E-state index in [0.29, 0.717) is 6.10 Å². The molecule has 0 aromatic heterocycles. The maximum absolute atomic E-state index is 5.85. The van der Waals surface area contributed by atoms with Crippen LogP contribution in [0.1, 0.15) is 0 Å². The second-order valence-corrected chi connectivity index (χ2v) is 6.81. The van der Waals surface area contributed by atoms with Gasteiger partial charge < -0.3 is 0 Å². The fraction of sp³-hybridized carbons (Fsp3) is 0.200. The molecule has 0 spiro atoms. The van der Waals surface area contributed by atoms with E-state index in [1.807, 2.05) is 0 Å². The predicted molar refractivity (Wildman–Crippen MR) is 53.3 cm³/mol. The molecule has 3 aliphatic heterocycles. The second kappa shape index (κ2) is 2.18. The molecule has 1 saturated heterocycles. The van der Waals surface area contributed by atoms with Gasteiger partial charge in [-0.25, -0.2) is 0 Å². The molecule has 3 heterocycles. The van der Waals surface area contributed by atoms with Gasteiger partial charge in [0.05, 0.1) is 0 Å². The fourth-order valence-electron chi connectivity index (χ4n) is 2.04. The minimum absolute atomic E-state index is 0.455. The van der Waals surface area contributed by atoms with E-state index in [1.165, 1.54) is 11.5 Å². The Morgan fingerprint density at radius 3 is 2.58 bits per heavy atom. The van der Waals surface area contributed by atoms with Crippen molar-refractivity contribution in [2.45, 2.75) is 6.10 Å². The first-order valence-corrected chi connectivity index (χ1v) is 6.51. The van der Waals surface area contributed by atoms with Gasteiger partial charge in [-0.05, 0) is 0 Å². The predicted octanol–water partition coefficient (Wildman–Crippen LogP) is 1.90. The summed E-state index contributed by atoms with van der Waals surface area (Å²) in [7, 11) is -1.50. The van der Waals surface area contributed by atoms with Crippen LogP contribution >= 0.6 is 7.49 Å². The van der Waals surface area contributed by atoms with Crippen LogP contribution < -0.4 is 5.30 Å². The van der Waals surface area contributed by atoms with Gasteiger partial charge in [-0.3, -0.25) is 0 Å². The Kier molecular flexibility index (Phi) is 1.24. The second-order valence-electron chi connectivity index (χ2n) is 3.48. The average Bonchev–Trinajstić information content (AvgIpc) is 2.63. The molecular formula is C10H11OP. The third-order valence-electron chi connectivity index (χ3n) is 2.71. The zero-order valence-electron chi connectivity index (χ0n) is 6.73. The molecule has 12 heavy (non-hydrogen) atoms. The Morgan fingerprint density at radius 2 is 2.00 bits per heavy atom. The van der Waals surface area contributed by atoms with Gasteiger partial charge in [0.15, 0.2) is 0 Å². The Hall–Kier alpha value is -0.650. The molecule has 1 fully saturated rings. The molecule has 1 aromatic rings. The zero-order chi connectivity index (χ0) is 8.02. The van der Waals surface area contributed by atoms with E-state index >= 15 is 0 Å². The van der Waals surface area contributed by atoms with E-state index in [9.17, 15) is 0 Å². The van der Waals surface area contributed by atoms with Gasteiger partial charge in [0.2, 0.25) is 0 Å². The molecule has 0 amide bonds. The summed E-state index contributed by atoms with van der Waals surface area (Å²) in [6, 6.07) is 10.6. The SMILES string of the molecule is C1=C[PH]2(c3ccccc3)CC1O2. The van der Waals surface area contributed by atoms with Gasteiger partial charge in [0.25, 0.3) is 0 Å². The Balaban J connectivity index is 2.05. The first-order chi connectivity index (χ1) is 5.89. The van der Waals surface area contributed by atoms with Crippen molar-refractivity contribution >= 4 is 12.8 Å². The van der Waals surface area contributed by atoms with E-state index in [1.54, 1.807) is 0 Å². The molecule has 62 valence electrons. The van der Waals surface area contributed by atoms with E-state index in [4.69, 9.17) is 4.52 Å². The van der Waals surface area contributed by atoms with Crippen molar-refractivity contribution in [1.29, 1.82) is 0 Å². The summed E-state index contributed by atoms with van der Waals surface area (Å²) in [5, 5.41) is 1.43. The Bertz CT molecular complexity index is 325. The number of rotatable bonds is 1. The molecule has 1 atom stereocenters. The van der Waals surface area contributed by atoms with E-state index in [2.05, 4.69) is 42.2 Å². The van der Waals surface area contributed by atoms with E-state index in [0.717, 1.165) is 0 Å². The molecule has 2 bridgehead atoms. The molecule has 2 heteroatoms. The van der Waals surface area contributed by atoms with E-state index < -0.39 is 7.49 Å². The molecule has 4 rings (SSSR count). The first-order valence-electron chi connectivity index (χ1n) is 4.32.